The van der Waals surface area contributed by atoms with Crippen LogP contribution in [-0.2, 0) is 4.74 Å². The second-order valence-corrected chi connectivity index (χ2v) is 16.3. The number of hydrogen-bond donors (Lipinski definition) is 3. The van der Waals surface area contributed by atoms with E-state index in [1.807, 2.05) is 6.07 Å². The Kier molecular flexibility index (Phi) is 29.4. The van der Waals surface area contributed by atoms with Gasteiger partial charge in [0.25, 0.3) is 0 Å². The third-order valence-corrected chi connectivity index (χ3v) is 11.5. The Hall–Kier alpha value is -1.48. The molecule has 310 valence electrons. The standard InChI is InChI=1S/C45H85N3O5/c1-3-5-7-9-11-13-15-17-19-21-23-25-27-29-31-33-36-47(37-34-32-30-28-26-24-22-20-18-16-14-12-10-8-6-4-2)41-35-38-48(45(52)46-41)44-43(51)42(50)40(39-49)53-44/h35,38,40,42-44,49-51H,3-34,36-37,39H2,1-2H3/t40-,42-,43+,44-/m1/s1. The number of rotatable bonds is 37. The van der Waals surface area contributed by atoms with Gasteiger partial charge in [0.15, 0.2) is 6.23 Å². The van der Waals surface area contributed by atoms with Crippen LogP contribution in [0.15, 0.2) is 17.1 Å². The molecule has 0 unspecified atom stereocenters. The molecule has 2 rings (SSSR count). The first kappa shape index (κ1) is 47.7. The van der Waals surface area contributed by atoms with Crippen molar-refractivity contribution in [2.45, 2.75) is 244 Å². The van der Waals surface area contributed by atoms with E-state index in [-0.39, 0.29) is 0 Å². The van der Waals surface area contributed by atoms with Gasteiger partial charge in [-0.1, -0.05) is 206 Å². The first-order valence-corrected chi connectivity index (χ1v) is 23.0. The molecule has 1 aliphatic heterocycles. The Morgan fingerprint density at radius 2 is 0.906 bits per heavy atom. The normalized spacial score (nSPS) is 18.7. The van der Waals surface area contributed by atoms with E-state index in [9.17, 15) is 20.1 Å². The number of nitrogens with zero attached hydrogens (tertiary/aromatic N) is 3. The van der Waals surface area contributed by atoms with Crippen molar-refractivity contribution in [3.05, 3.63) is 22.7 Å². The molecule has 1 aromatic heterocycles. The van der Waals surface area contributed by atoms with Gasteiger partial charge < -0.3 is 25.0 Å². The summed E-state index contributed by atoms with van der Waals surface area (Å²) in [5, 5.41) is 30.1. The number of aromatic nitrogens is 2. The van der Waals surface area contributed by atoms with Crippen LogP contribution in [0.4, 0.5) is 5.82 Å². The lowest BCUT2D eigenvalue weighted by Crippen LogP contribution is -2.37. The van der Waals surface area contributed by atoms with Gasteiger partial charge in [-0.15, -0.1) is 0 Å². The maximum Gasteiger partial charge on any atom is 0.351 e. The molecule has 0 amide bonds. The maximum absolute atomic E-state index is 13.1. The smallest absolute Gasteiger partial charge is 0.351 e. The van der Waals surface area contributed by atoms with Crippen molar-refractivity contribution in [2.75, 3.05) is 24.6 Å². The Labute approximate surface area is 325 Å². The summed E-state index contributed by atoms with van der Waals surface area (Å²) < 4.78 is 6.82. The number of hydrogen-bond acceptors (Lipinski definition) is 7. The van der Waals surface area contributed by atoms with E-state index >= 15 is 0 Å². The number of unbranched alkanes of at least 4 members (excludes halogenated alkanes) is 30. The Bertz CT molecular complexity index is 986. The molecular weight excluding hydrogens is 663 g/mol. The summed E-state index contributed by atoms with van der Waals surface area (Å²) in [5.41, 5.74) is -0.513. The summed E-state index contributed by atoms with van der Waals surface area (Å²) >= 11 is 0. The molecule has 0 saturated carbocycles. The van der Waals surface area contributed by atoms with Gasteiger partial charge >= 0.3 is 5.69 Å². The molecule has 53 heavy (non-hydrogen) atoms. The van der Waals surface area contributed by atoms with E-state index < -0.39 is 36.8 Å². The average molecular weight is 748 g/mol. The van der Waals surface area contributed by atoms with Crippen LogP contribution in [0, 0.1) is 0 Å². The molecule has 8 nitrogen and oxygen atoms in total. The highest BCUT2D eigenvalue weighted by Crippen LogP contribution is 2.28. The van der Waals surface area contributed by atoms with Crippen LogP contribution in [-0.4, -0.2) is 62.9 Å². The van der Waals surface area contributed by atoms with Crippen LogP contribution in [0.5, 0.6) is 0 Å². The Balaban J connectivity index is 1.67. The fraction of sp³-hybridized carbons (Fsp3) is 0.911. The lowest BCUT2D eigenvalue weighted by atomic mass is 10.0. The molecule has 3 N–H and O–H groups in total. The van der Waals surface area contributed by atoms with Crippen LogP contribution < -0.4 is 10.6 Å². The molecule has 1 saturated heterocycles. The van der Waals surface area contributed by atoms with Gasteiger partial charge in [-0.3, -0.25) is 4.57 Å². The van der Waals surface area contributed by atoms with Gasteiger partial charge in [-0.2, -0.15) is 4.98 Å². The fourth-order valence-electron chi connectivity index (χ4n) is 7.93. The van der Waals surface area contributed by atoms with E-state index in [4.69, 9.17) is 4.74 Å². The molecular formula is C45H85N3O5. The summed E-state index contributed by atoms with van der Waals surface area (Å²) in [5.74, 6) is 0.667. The molecule has 0 aliphatic carbocycles. The van der Waals surface area contributed by atoms with Crippen molar-refractivity contribution in [3.8, 4) is 0 Å². The summed E-state index contributed by atoms with van der Waals surface area (Å²) in [6, 6.07) is 1.83. The Morgan fingerprint density at radius 3 is 1.21 bits per heavy atom. The van der Waals surface area contributed by atoms with Gasteiger partial charge in [0.2, 0.25) is 0 Å². The molecule has 1 fully saturated rings. The van der Waals surface area contributed by atoms with E-state index in [2.05, 4.69) is 23.7 Å². The zero-order valence-corrected chi connectivity index (χ0v) is 34.7. The molecule has 0 bridgehead atoms. The van der Waals surface area contributed by atoms with Crippen molar-refractivity contribution in [1.82, 2.24) is 9.55 Å². The number of aliphatic hydroxyl groups excluding tert-OH is 3. The van der Waals surface area contributed by atoms with Crippen molar-refractivity contribution >= 4 is 5.82 Å². The van der Waals surface area contributed by atoms with Crippen LogP contribution >= 0.6 is 0 Å². The van der Waals surface area contributed by atoms with Crippen LogP contribution in [0.3, 0.4) is 0 Å². The molecule has 0 radical (unpaired) electrons. The Morgan fingerprint density at radius 1 is 0.566 bits per heavy atom. The predicted molar refractivity (Wildman–Crippen MR) is 223 cm³/mol. The van der Waals surface area contributed by atoms with Crippen molar-refractivity contribution < 1.29 is 20.1 Å². The molecule has 1 aliphatic rings. The molecule has 8 heteroatoms. The highest BCUT2D eigenvalue weighted by Gasteiger charge is 2.43. The van der Waals surface area contributed by atoms with E-state index in [1.165, 1.54) is 197 Å². The van der Waals surface area contributed by atoms with Gasteiger partial charge in [0.1, 0.15) is 24.1 Å². The molecule has 1 aromatic rings. The van der Waals surface area contributed by atoms with Gasteiger partial charge in [0, 0.05) is 19.3 Å². The first-order valence-electron chi connectivity index (χ1n) is 23.0. The van der Waals surface area contributed by atoms with Crippen molar-refractivity contribution in [1.29, 1.82) is 0 Å². The first-order chi connectivity index (χ1) is 26.0. The van der Waals surface area contributed by atoms with E-state index in [0.29, 0.717) is 5.82 Å². The predicted octanol–water partition coefficient (Wildman–Crippen LogP) is 11.2. The molecule has 0 spiro atoms. The third-order valence-electron chi connectivity index (χ3n) is 11.5. The van der Waals surface area contributed by atoms with Crippen molar-refractivity contribution in [2.24, 2.45) is 0 Å². The quantitative estimate of drug-likeness (QED) is 0.0582. The maximum atomic E-state index is 13.1. The average Bonchev–Trinajstić information content (AvgIpc) is 3.45. The summed E-state index contributed by atoms with van der Waals surface area (Å²) in [4.78, 5) is 19.8. The highest BCUT2D eigenvalue weighted by atomic mass is 16.6. The second kappa shape index (κ2) is 32.7. The molecule has 4 atom stereocenters. The van der Waals surface area contributed by atoms with Crippen LogP contribution in [0.25, 0.3) is 0 Å². The SMILES string of the molecule is CCCCCCCCCCCCCCCCCCN(CCCCCCCCCCCCCCCCCC)c1ccn([C@@H]2O[C@H](CO)[C@@H](O)[C@@H]2O)c(=O)n1. The largest absolute Gasteiger partial charge is 0.394 e. The van der Waals surface area contributed by atoms with Gasteiger partial charge in [0.05, 0.1) is 6.61 Å². The lowest BCUT2D eigenvalue weighted by molar-refractivity contribution is -0.0549. The van der Waals surface area contributed by atoms with E-state index in [1.54, 1.807) is 6.20 Å². The number of aliphatic hydroxyl groups is 3. The fourth-order valence-corrected chi connectivity index (χ4v) is 7.93. The third kappa shape index (κ3) is 22.0. The summed E-state index contributed by atoms with van der Waals surface area (Å²) in [6.45, 7) is 5.89. The minimum absolute atomic E-state index is 0.429. The number of ether oxygens (including phenoxy) is 1. The van der Waals surface area contributed by atoms with Crippen LogP contribution in [0.2, 0.25) is 0 Å². The van der Waals surface area contributed by atoms with E-state index in [0.717, 1.165) is 25.9 Å². The topological polar surface area (TPSA) is 108 Å². The summed E-state index contributed by atoms with van der Waals surface area (Å²) in [7, 11) is 0. The highest BCUT2D eigenvalue weighted by molar-refractivity contribution is 5.36. The zero-order valence-electron chi connectivity index (χ0n) is 34.7. The second-order valence-electron chi connectivity index (χ2n) is 16.3. The minimum atomic E-state index is -1.30. The van der Waals surface area contributed by atoms with Gasteiger partial charge in [-0.05, 0) is 18.9 Å². The molecule has 0 aromatic carbocycles. The van der Waals surface area contributed by atoms with Crippen molar-refractivity contribution in [3.63, 3.8) is 0 Å². The minimum Gasteiger partial charge on any atom is -0.394 e. The zero-order chi connectivity index (χ0) is 38.2. The number of anilines is 1. The van der Waals surface area contributed by atoms with Gasteiger partial charge in [-0.25, -0.2) is 4.79 Å². The monoisotopic (exact) mass is 748 g/mol. The molecule has 2 heterocycles. The summed E-state index contributed by atoms with van der Waals surface area (Å²) in [6.07, 6.45) is 40.1. The lowest BCUT2D eigenvalue weighted by Gasteiger charge is -2.25. The van der Waals surface area contributed by atoms with Crippen LogP contribution in [0.1, 0.15) is 226 Å².